The molecule has 0 atom stereocenters. The summed E-state index contributed by atoms with van der Waals surface area (Å²) in [5, 5.41) is 11.7. The zero-order valence-corrected chi connectivity index (χ0v) is 12.5. The predicted octanol–water partition coefficient (Wildman–Crippen LogP) is 1.51. The molecule has 0 saturated carbocycles. The molecule has 0 aliphatic carbocycles. The summed E-state index contributed by atoms with van der Waals surface area (Å²) in [7, 11) is 0. The molecular weight excluding hydrogens is 276 g/mol. The molecule has 1 aliphatic heterocycles. The molecule has 0 spiro atoms. The number of fused-ring (bicyclic) bond motifs is 1. The van der Waals surface area contributed by atoms with E-state index < -0.39 is 0 Å². The number of nitrogens with one attached hydrogen (secondary N) is 1. The minimum Gasteiger partial charge on any atom is -0.351 e. The van der Waals surface area contributed by atoms with E-state index in [1.54, 1.807) is 6.33 Å². The zero-order valence-electron chi connectivity index (χ0n) is 12.5. The number of benzene rings is 1. The Morgan fingerprint density at radius 3 is 2.64 bits per heavy atom. The van der Waals surface area contributed by atoms with Crippen molar-refractivity contribution in [3.05, 3.63) is 42.4 Å². The van der Waals surface area contributed by atoms with Gasteiger partial charge in [-0.1, -0.05) is 29.8 Å². The van der Waals surface area contributed by atoms with Crippen LogP contribution < -0.4 is 10.2 Å². The molecule has 112 valence electrons. The van der Waals surface area contributed by atoms with Gasteiger partial charge < -0.3 is 10.2 Å². The van der Waals surface area contributed by atoms with Gasteiger partial charge >= 0.3 is 0 Å². The minimum atomic E-state index is 0.819. The van der Waals surface area contributed by atoms with Crippen molar-refractivity contribution >= 4 is 11.5 Å². The zero-order chi connectivity index (χ0) is 14.9. The van der Waals surface area contributed by atoms with Crippen LogP contribution >= 0.6 is 0 Å². The third-order valence-corrected chi connectivity index (χ3v) is 4.08. The van der Waals surface area contributed by atoms with Crippen LogP contribution in [0.4, 0.5) is 5.82 Å². The second-order valence-electron chi connectivity index (χ2n) is 5.59. The summed E-state index contributed by atoms with van der Waals surface area (Å²) < 4.78 is 2.02. The molecular formula is C16H18N6. The number of rotatable bonds is 2. The molecule has 0 unspecified atom stereocenters. The molecule has 1 saturated heterocycles. The second-order valence-corrected chi connectivity index (χ2v) is 5.59. The highest BCUT2D eigenvalue weighted by Crippen LogP contribution is 2.25. The summed E-state index contributed by atoms with van der Waals surface area (Å²) in [5.41, 5.74) is 4.20. The fourth-order valence-electron chi connectivity index (χ4n) is 2.84. The highest BCUT2D eigenvalue weighted by atomic mass is 15.3. The van der Waals surface area contributed by atoms with Crippen molar-refractivity contribution in [3.8, 4) is 11.3 Å². The van der Waals surface area contributed by atoms with Crippen molar-refractivity contribution in [2.45, 2.75) is 6.92 Å². The average molecular weight is 294 g/mol. The first-order valence-corrected chi connectivity index (χ1v) is 7.54. The van der Waals surface area contributed by atoms with Gasteiger partial charge in [0.15, 0.2) is 5.82 Å². The van der Waals surface area contributed by atoms with Gasteiger partial charge in [0, 0.05) is 31.7 Å². The predicted molar refractivity (Wildman–Crippen MR) is 86.0 cm³/mol. The molecule has 3 aromatic rings. The van der Waals surface area contributed by atoms with Crippen LogP contribution in [-0.2, 0) is 0 Å². The van der Waals surface area contributed by atoms with Crippen LogP contribution in [0.2, 0.25) is 0 Å². The van der Waals surface area contributed by atoms with Crippen molar-refractivity contribution in [1.82, 2.24) is 24.9 Å². The molecule has 1 aromatic carbocycles. The van der Waals surface area contributed by atoms with E-state index in [1.165, 1.54) is 5.56 Å². The summed E-state index contributed by atoms with van der Waals surface area (Å²) in [6.07, 6.45) is 3.68. The molecule has 1 aliphatic rings. The number of hydrogen-bond acceptors (Lipinski definition) is 5. The van der Waals surface area contributed by atoms with Crippen LogP contribution in [0.15, 0.2) is 36.8 Å². The van der Waals surface area contributed by atoms with Gasteiger partial charge in [0.1, 0.15) is 6.33 Å². The highest BCUT2D eigenvalue weighted by molar-refractivity contribution is 5.70. The molecule has 6 heteroatoms. The van der Waals surface area contributed by atoms with Gasteiger partial charge in [-0.2, -0.15) is 0 Å². The Bertz CT molecular complexity index is 786. The van der Waals surface area contributed by atoms with Crippen LogP contribution in [0.5, 0.6) is 0 Å². The Morgan fingerprint density at radius 2 is 1.86 bits per heavy atom. The first kappa shape index (κ1) is 13.2. The summed E-state index contributed by atoms with van der Waals surface area (Å²) in [6.45, 7) is 5.92. The first-order valence-electron chi connectivity index (χ1n) is 7.54. The van der Waals surface area contributed by atoms with Crippen molar-refractivity contribution in [2.24, 2.45) is 0 Å². The van der Waals surface area contributed by atoms with E-state index in [0.29, 0.717) is 0 Å². The molecule has 0 radical (unpaired) electrons. The van der Waals surface area contributed by atoms with Crippen molar-refractivity contribution in [3.63, 3.8) is 0 Å². The highest BCUT2D eigenvalue weighted by Gasteiger charge is 2.18. The van der Waals surface area contributed by atoms with E-state index in [2.05, 4.69) is 56.6 Å². The van der Waals surface area contributed by atoms with E-state index >= 15 is 0 Å². The third-order valence-electron chi connectivity index (χ3n) is 4.08. The standard InChI is InChI=1S/C16H18N6/c1-12-2-4-13(5-3-12)14-10-18-15(16-20-19-11-22(14)16)21-8-6-17-7-9-21/h2-5,10-11,17H,6-9H2,1H3. The number of anilines is 1. The summed E-state index contributed by atoms with van der Waals surface area (Å²) in [5.74, 6) is 0.912. The Labute approximate surface area is 128 Å². The van der Waals surface area contributed by atoms with Gasteiger partial charge in [-0.25, -0.2) is 4.98 Å². The van der Waals surface area contributed by atoms with Gasteiger partial charge in [0.2, 0.25) is 5.65 Å². The van der Waals surface area contributed by atoms with Crippen molar-refractivity contribution in [1.29, 1.82) is 0 Å². The van der Waals surface area contributed by atoms with Gasteiger partial charge in [-0.15, -0.1) is 10.2 Å². The third kappa shape index (κ3) is 2.21. The van der Waals surface area contributed by atoms with Crippen LogP contribution in [0.1, 0.15) is 5.56 Å². The van der Waals surface area contributed by atoms with E-state index in [0.717, 1.165) is 48.9 Å². The maximum Gasteiger partial charge on any atom is 0.204 e. The molecule has 3 heterocycles. The number of hydrogen-bond donors (Lipinski definition) is 1. The molecule has 6 nitrogen and oxygen atoms in total. The lowest BCUT2D eigenvalue weighted by Gasteiger charge is -2.28. The molecule has 1 N–H and O–H groups in total. The molecule has 1 fully saturated rings. The lowest BCUT2D eigenvalue weighted by Crippen LogP contribution is -2.44. The molecule has 2 aromatic heterocycles. The van der Waals surface area contributed by atoms with Crippen molar-refractivity contribution in [2.75, 3.05) is 31.1 Å². The smallest absolute Gasteiger partial charge is 0.204 e. The average Bonchev–Trinajstić information content (AvgIpc) is 3.05. The SMILES string of the molecule is Cc1ccc(-c2cnc(N3CCNCC3)c3nncn23)cc1. The van der Waals surface area contributed by atoms with E-state index in [9.17, 15) is 0 Å². The largest absolute Gasteiger partial charge is 0.351 e. The lowest BCUT2D eigenvalue weighted by atomic mass is 10.1. The van der Waals surface area contributed by atoms with E-state index in [1.807, 2.05) is 10.6 Å². The van der Waals surface area contributed by atoms with Gasteiger partial charge in [0.05, 0.1) is 11.9 Å². The Morgan fingerprint density at radius 1 is 1.09 bits per heavy atom. The van der Waals surface area contributed by atoms with Crippen molar-refractivity contribution < 1.29 is 0 Å². The van der Waals surface area contributed by atoms with Gasteiger partial charge in [0.25, 0.3) is 0 Å². The van der Waals surface area contributed by atoms with Gasteiger partial charge in [-0.05, 0) is 6.92 Å². The summed E-state index contributed by atoms with van der Waals surface area (Å²) in [4.78, 5) is 6.94. The van der Waals surface area contributed by atoms with E-state index in [-0.39, 0.29) is 0 Å². The summed E-state index contributed by atoms with van der Waals surface area (Å²) >= 11 is 0. The van der Waals surface area contributed by atoms with E-state index in [4.69, 9.17) is 0 Å². The number of piperazine rings is 1. The number of aromatic nitrogens is 4. The Hall–Kier alpha value is -2.47. The van der Waals surface area contributed by atoms with Crippen LogP contribution in [0.3, 0.4) is 0 Å². The monoisotopic (exact) mass is 294 g/mol. The lowest BCUT2D eigenvalue weighted by molar-refractivity contribution is 0.585. The second kappa shape index (κ2) is 5.38. The van der Waals surface area contributed by atoms with Crippen LogP contribution in [0, 0.1) is 6.92 Å². The quantitative estimate of drug-likeness (QED) is 0.776. The molecule has 0 bridgehead atoms. The Kier molecular flexibility index (Phi) is 3.23. The molecule has 4 rings (SSSR count). The molecule has 22 heavy (non-hydrogen) atoms. The fraction of sp³-hybridized carbons (Fsp3) is 0.312. The first-order chi connectivity index (χ1) is 10.8. The number of nitrogens with zero attached hydrogens (tertiary/aromatic N) is 5. The maximum atomic E-state index is 4.68. The summed E-state index contributed by atoms with van der Waals surface area (Å²) in [6, 6.07) is 8.43. The number of aryl methyl sites for hydroxylation is 1. The maximum absolute atomic E-state index is 4.68. The van der Waals surface area contributed by atoms with Crippen LogP contribution in [-0.4, -0.2) is 45.8 Å². The topological polar surface area (TPSA) is 58.4 Å². The Balaban J connectivity index is 1.82. The normalized spacial score (nSPS) is 15.4. The molecule has 0 amide bonds. The van der Waals surface area contributed by atoms with Gasteiger partial charge in [-0.3, -0.25) is 4.40 Å². The minimum absolute atomic E-state index is 0.819. The fourth-order valence-corrected chi connectivity index (χ4v) is 2.84. The van der Waals surface area contributed by atoms with Crippen LogP contribution in [0.25, 0.3) is 16.9 Å².